The third kappa shape index (κ3) is 7.51. The van der Waals surface area contributed by atoms with Crippen LogP contribution in [0, 0.1) is 5.41 Å². The molecular formula is C70H60N2O4. The zero-order valence-corrected chi connectivity index (χ0v) is 43.6. The van der Waals surface area contributed by atoms with Crippen molar-refractivity contribution in [2.45, 2.75) is 82.7 Å². The van der Waals surface area contributed by atoms with Crippen molar-refractivity contribution in [2.75, 3.05) is 9.80 Å². The number of para-hydroxylation sites is 2. The molecule has 7 aliphatic rings. The van der Waals surface area contributed by atoms with Gasteiger partial charge in [0.2, 0.25) is 0 Å². The van der Waals surface area contributed by atoms with Gasteiger partial charge in [0.1, 0.15) is 35.9 Å². The maximum absolute atomic E-state index is 7.17. The van der Waals surface area contributed by atoms with Gasteiger partial charge in [-0.3, -0.25) is 0 Å². The summed E-state index contributed by atoms with van der Waals surface area (Å²) >= 11 is 0. The van der Waals surface area contributed by atoms with E-state index in [2.05, 4.69) is 251 Å². The van der Waals surface area contributed by atoms with E-state index in [0.717, 1.165) is 89.3 Å². The fourth-order valence-electron chi connectivity index (χ4n) is 12.5. The molecule has 0 spiro atoms. The molecule has 0 saturated carbocycles. The van der Waals surface area contributed by atoms with Crippen molar-refractivity contribution in [1.29, 1.82) is 0 Å². The number of ether oxygens (including phenoxy) is 4. The number of benzene rings is 7. The second-order valence-corrected chi connectivity index (χ2v) is 22.2. The van der Waals surface area contributed by atoms with E-state index in [9.17, 15) is 0 Å². The van der Waals surface area contributed by atoms with Gasteiger partial charge in [0, 0.05) is 56.5 Å². The minimum Gasteiger partial charge on any atom is -0.492 e. The summed E-state index contributed by atoms with van der Waals surface area (Å²) in [5.74, 6) is 3.67. The van der Waals surface area contributed by atoms with Gasteiger partial charge in [-0.05, 0) is 148 Å². The van der Waals surface area contributed by atoms with Crippen LogP contribution in [-0.2, 0) is 4.74 Å². The molecule has 0 fully saturated rings. The van der Waals surface area contributed by atoms with Gasteiger partial charge in [-0.2, -0.15) is 0 Å². The number of hydrogen-bond acceptors (Lipinski definition) is 6. The highest BCUT2D eigenvalue weighted by atomic mass is 16.5. The molecular weight excluding hydrogens is 933 g/mol. The van der Waals surface area contributed by atoms with Crippen LogP contribution in [0.1, 0.15) is 86.1 Å². The van der Waals surface area contributed by atoms with Crippen LogP contribution in [0.5, 0.6) is 17.2 Å². The molecule has 14 rings (SSSR count). The topological polar surface area (TPSA) is 43.4 Å². The summed E-state index contributed by atoms with van der Waals surface area (Å²) in [6.07, 6.45) is 27.2. The fourth-order valence-corrected chi connectivity index (χ4v) is 12.5. The van der Waals surface area contributed by atoms with E-state index in [0.29, 0.717) is 11.8 Å². The number of rotatable bonds is 8. The molecule has 2 bridgehead atoms. The van der Waals surface area contributed by atoms with Crippen LogP contribution in [0.15, 0.2) is 212 Å². The molecule has 6 nitrogen and oxygen atoms in total. The zero-order valence-electron chi connectivity index (χ0n) is 43.6. The lowest BCUT2D eigenvalue weighted by Gasteiger charge is -2.43. The third-order valence-electron chi connectivity index (χ3n) is 16.8. The maximum atomic E-state index is 7.17. The van der Waals surface area contributed by atoms with E-state index in [1.54, 1.807) is 0 Å². The van der Waals surface area contributed by atoms with Crippen LogP contribution < -0.4 is 34.4 Å². The molecule has 7 atom stereocenters. The highest BCUT2D eigenvalue weighted by Crippen LogP contribution is 2.54. The Morgan fingerprint density at radius 1 is 0.566 bits per heavy atom. The van der Waals surface area contributed by atoms with Crippen LogP contribution >= 0.6 is 0 Å². The molecule has 0 radical (unpaired) electrons. The second-order valence-electron chi connectivity index (χ2n) is 22.2. The van der Waals surface area contributed by atoms with Gasteiger partial charge in [0.25, 0.3) is 0 Å². The molecule has 6 unspecified atom stereocenters. The summed E-state index contributed by atoms with van der Waals surface area (Å²) < 4.78 is 27.9. The van der Waals surface area contributed by atoms with Gasteiger partial charge >= 0.3 is 0 Å². The Morgan fingerprint density at radius 3 is 2.01 bits per heavy atom. The lowest BCUT2D eigenvalue weighted by molar-refractivity contribution is -0.00843. The third-order valence-corrected chi connectivity index (χ3v) is 16.8. The monoisotopic (exact) mass is 992 g/mol. The normalized spacial score (nSPS) is 24.5. The minimum atomic E-state index is -0.533. The Hall–Kier alpha value is -8.48. The molecule has 7 aromatic carbocycles. The van der Waals surface area contributed by atoms with E-state index in [1.165, 1.54) is 22.3 Å². The molecule has 7 aromatic rings. The van der Waals surface area contributed by atoms with Crippen molar-refractivity contribution in [2.24, 2.45) is 5.41 Å². The second kappa shape index (κ2) is 17.8. The molecule has 0 N–H and O–H groups in total. The van der Waals surface area contributed by atoms with Crippen LogP contribution in [0.3, 0.4) is 0 Å². The molecule has 0 amide bonds. The van der Waals surface area contributed by atoms with Crippen molar-refractivity contribution in [3.05, 3.63) is 251 Å². The van der Waals surface area contributed by atoms with E-state index in [-0.39, 0.29) is 36.3 Å². The summed E-state index contributed by atoms with van der Waals surface area (Å²) in [5, 5.41) is 4.25. The SMILES string of the molecule is C=C1/C=c2/ccc(N(c3ccc(C(C)C)cc3)c3cccc4c3O[C@H]3C=CC=CC4=C3)c/c2=C/OC2C3Oc4cc5cc(N(c6ccc(C(C)C)cc6)c6cccc7c6OC6C=CC=CC76)ccc5cc4C3C=CC12C. The van der Waals surface area contributed by atoms with E-state index in [4.69, 9.17) is 25.5 Å². The Morgan fingerprint density at radius 2 is 1.25 bits per heavy atom. The Balaban J connectivity index is 0.822. The Labute approximate surface area is 445 Å². The van der Waals surface area contributed by atoms with Crippen molar-refractivity contribution in [3.8, 4) is 17.2 Å². The van der Waals surface area contributed by atoms with Crippen molar-refractivity contribution in [1.82, 2.24) is 0 Å². The molecule has 374 valence electrons. The molecule has 6 heteroatoms. The summed E-state index contributed by atoms with van der Waals surface area (Å²) in [6.45, 7) is 15.9. The van der Waals surface area contributed by atoms with E-state index in [1.807, 2.05) is 6.26 Å². The summed E-state index contributed by atoms with van der Waals surface area (Å²) in [6, 6.07) is 48.9. The van der Waals surface area contributed by atoms with Crippen LogP contribution in [-0.4, -0.2) is 24.4 Å². The lowest BCUT2D eigenvalue weighted by Crippen LogP contribution is -2.49. The Kier molecular flexibility index (Phi) is 10.8. The first-order chi connectivity index (χ1) is 37.1. The van der Waals surface area contributed by atoms with Gasteiger partial charge in [-0.25, -0.2) is 0 Å². The summed E-state index contributed by atoms with van der Waals surface area (Å²) in [5.41, 5.74) is 13.8. The van der Waals surface area contributed by atoms with Gasteiger partial charge in [-0.1, -0.05) is 150 Å². The molecule has 0 saturated heterocycles. The average molecular weight is 993 g/mol. The number of anilines is 6. The quantitative estimate of drug-likeness (QED) is 0.141. The first kappa shape index (κ1) is 46.1. The number of fused-ring (bicyclic) bond motifs is 13. The fraction of sp³-hybridized carbons (Fsp3) is 0.200. The van der Waals surface area contributed by atoms with Crippen molar-refractivity contribution < 1.29 is 18.9 Å². The van der Waals surface area contributed by atoms with E-state index < -0.39 is 5.41 Å². The molecule has 76 heavy (non-hydrogen) atoms. The van der Waals surface area contributed by atoms with Crippen molar-refractivity contribution in [3.63, 3.8) is 0 Å². The maximum Gasteiger partial charge on any atom is 0.152 e. The number of allylic oxidation sites excluding steroid dienone is 6. The highest BCUT2D eigenvalue weighted by molar-refractivity contribution is 5.93. The standard InChI is InChI=1S/C70H60N2O4/c1-42(2)45-21-27-52(28-22-45)71(63-19-12-17-59-58-15-9-10-20-64(58)75-67(59)63)54-32-26-48-39-61-60-33-34-70(6)44(5)35-47-25-31-55(37-51(47)41-73-69(70)68(60)76-65(61)40-50(48)36-54)72(53-29-23-46(24-30-53)43(3)4)62-18-11-16-57-49-13-7-8-14-56(38-49)74-66(57)62/h7-43,56,58,60,64,68-69H,5H2,1-4,6H3/b47-35-,51-41-/t56-,58?,60?,64?,68?,69?,70?/m0/s1. The van der Waals surface area contributed by atoms with Gasteiger partial charge in [0.15, 0.2) is 5.75 Å². The first-order valence-electron chi connectivity index (χ1n) is 27.0. The highest BCUT2D eigenvalue weighted by Gasteiger charge is 2.51. The van der Waals surface area contributed by atoms with Crippen molar-refractivity contribution >= 4 is 62.8 Å². The lowest BCUT2D eigenvalue weighted by atomic mass is 9.68. The van der Waals surface area contributed by atoms with Crippen LogP contribution in [0.25, 0.3) is 28.7 Å². The predicted molar refractivity (Wildman–Crippen MR) is 311 cm³/mol. The number of hydrogen-bond donors (Lipinski definition) is 0. The average Bonchev–Trinajstić information content (AvgIpc) is 3.99. The molecule has 3 aliphatic carbocycles. The van der Waals surface area contributed by atoms with E-state index >= 15 is 0 Å². The van der Waals surface area contributed by atoms with Crippen LogP contribution in [0.4, 0.5) is 34.1 Å². The number of nitrogens with zero attached hydrogens (tertiary/aromatic N) is 2. The van der Waals surface area contributed by atoms with Gasteiger partial charge in [-0.15, -0.1) is 0 Å². The van der Waals surface area contributed by atoms with Gasteiger partial charge in [0.05, 0.1) is 23.1 Å². The summed E-state index contributed by atoms with van der Waals surface area (Å²) in [7, 11) is 0. The predicted octanol–water partition coefficient (Wildman–Crippen LogP) is 15.9. The summed E-state index contributed by atoms with van der Waals surface area (Å²) in [4.78, 5) is 4.66. The Bertz CT molecular complexity index is 3870. The first-order valence-corrected chi connectivity index (χ1v) is 27.0. The van der Waals surface area contributed by atoms with Crippen LogP contribution in [0.2, 0.25) is 0 Å². The largest absolute Gasteiger partial charge is 0.492 e. The zero-order chi connectivity index (χ0) is 51.4. The molecule has 4 heterocycles. The minimum absolute atomic E-state index is 0.00713. The van der Waals surface area contributed by atoms with Gasteiger partial charge < -0.3 is 28.7 Å². The molecule has 0 aromatic heterocycles. The molecule has 4 aliphatic heterocycles. The smallest absolute Gasteiger partial charge is 0.152 e.